The lowest BCUT2D eigenvalue weighted by molar-refractivity contribution is 0.687. The first kappa shape index (κ1) is 11.5. The molecule has 84 valence electrons. The van der Waals surface area contributed by atoms with E-state index in [4.69, 9.17) is 5.26 Å². The molecule has 16 heavy (non-hydrogen) atoms. The van der Waals surface area contributed by atoms with E-state index < -0.39 is 0 Å². The highest BCUT2D eigenvalue weighted by molar-refractivity contribution is 9.10. The number of rotatable bonds is 5. The van der Waals surface area contributed by atoms with E-state index in [0.717, 1.165) is 28.2 Å². The molecule has 0 atom stereocenters. The van der Waals surface area contributed by atoms with Crippen LogP contribution in [0.3, 0.4) is 0 Å². The van der Waals surface area contributed by atoms with Gasteiger partial charge in [0.15, 0.2) is 0 Å². The van der Waals surface area contributed by atoms with Crippen molar-refractivity contribution in [2.24, 2.45) is 5.92 Å². The van der Waals surface area contributed by atoms with E-state index in [1.54, 1.807) is 0 Å². The average Bonchev–Trinajstić information content (AvgIpc) is 3.08. The summed E-state index contributed by atoms with van der Waals surface area (Å²) in [6, 6.07) is 7.91. The Balaban J connectivity index is 1.86. The second-order valence-electron chi connectivity index (χ2n) is 4.31. The van der Waals surface area contributed by atoms with Crippen LogP contribution in [-0.4, -0.2) is 6.54 Å². The van der Waals surface area contributed by atoms with E-state index in [1.165, 1.54) is 25.7 Å². The second-order valence-corrected chi connectivity index (χ2v) is 5.23. The molecule has 1 aromatic rings. The molecule has 0 amide bonds. The molecule has 1 N–H and O–H groups in total. The van der Waals surface area contributed by atoms with E-state index >= 15 is 0 Å². The topological polar surface area (TPSA) is 35.8 Å². The summed E-state index contributed by atoms with van der Waals surface area (Å²) in [4.78, 5) is 0. The molecule has 0 heterocycles. The zero-order valence-electron chi connectivity index (χ0n) is 9.17. The molecule has 0 bridgehead atoms. The number of hydrogen-bond acceptors (Lipinski definition) is 2. The molecule has 1 aromatic carbocycles. The van der Waals surface area contributed by atoms with Crippen LogP contribution in [0.1, 0.15) is 31.2 Å². The molecule has 0 aromatic heterocycles. The first-order valence-corrected chi connectivity index (χ1v) is 6.52. The standard InChI is InChI=1S/C13H15BrN2/c14-12-6-5-11(9-15)13(8-12)16-7-1-2-10-3-4-10/h5-6,8,10,16H,1-4,7H2. The van der Waals surface area contributed by atoms with Crippen molar-refractivity contribution in [3.63, 3.8) is 0 Å². The maximum atomic E-state index is 8.96. The number of nitriles is 1. The van der Waals surface area contributed by atoms with Crippen molar-refractivity contribution in [1.29, 1.82) is 5.26 Å². The number of nitrogens with zero attached hydrogens (tertiary/aromatic N) is 1. The van der Waals surface area contributed by atoms with Gasteiger partial charge in [0.1, 0.15) is 6.07 Å². The van der Waals surface area contributed by atoms with Crippen LogP contribution in [0.4, 0.5) is 5.69 Å². The van der Waals surface area contributed by atoms with Gasteiger partial charge in [0, 0.05) is 11.0 Å². The zero-order valence-corrected chi connectivity index (χ0v) is 10.8. The van der Waals surface area contributed by atoms with Crippen molar-refractivity contribution in [3.05, 3.63) is 28.2 Å². The third-order valence-electron chi connectivity index (χ3n) is 2.90. The minimum atomic E-state index is 0.717. The maximum absolute atomic E-state index is 8.96. The van der Waals surface area contributed by atoms with Crippen LogP contribution in [0.25, 0.3) is 0 Å². The smallest absolute Gasteiger partial charge is 0.101 e. The third kappa shape index (κ3) is 3.24. The zero-order chi connectivity index (χ0) is 11.4. The largest absolute Gasteiger partial charge is 0.384 e. The van der Waals surface area contributed by atoms with Crippen LogP contribution in [-0.2, 0) is 0 Å². The molecule has 0 radical (unpaired) electrons. The molecule has 0 spiro atoms. The van der Waals surface area contributed by atoms with Crippen LogP contribution in [0.5, 0.6) is 0 Å². The molecule has 3 heteroatoms. The quantitative estimate of drug-likeness (QED) is 0.829. The van der Waals surface area contributed by atoms with Crippen molar-refractivity contribution in [2.45, 2.75) is 25.7 Å². The van der Waals surface area contributed by atoms with Crippen molar-refractivity contribution in [1.82, 2.24) is 0 Å². The molecule has 1 saturated carbocycles. The SMILES string of the molecule is N#Cc1ccc(Br)cc1NCCCC1CC1. The van der Waals surface area contributed by atoms with Gasteiger partial charge in [-0.25, -0.2) is 0 Å². The van der Waals surface area contributed by atoms with Gasteiger partial charge < -0.3 is 5.32 Å². The predicted molar refractivity (Wildman–Crippen MR) is 69.3 cm³/mol. The van der Waals surface area contributed by atoms with Gasteiger partial charge in [-0.2, -0.15) is 5.26 Å². The van der Waals surface area contributed by atoms with E-state index in [9.17, 15) is 0 Å². The van der Waals surface area contributed by atoms with Gasteiger partial charge in [0.25, 0.3) is 0 Å². The second kappa shape index (κ2) is 5.36. The number of halogens is 1. The molecular formula is C13H15BrN2. The van der Waals surface area contributed by atoms with Gasteiger partial charge in [0.2, 0.25) is 0 Å². The molecule has 0 unspecified atom stereocenters. The highest BCUT2D eigenvalue weighted by Crippen LogP contribution is 2.33. The minimum absolute atomic E-state index is 0.717. The van der Waals surface area contributed by atoms with Crippen molar-refractivity contribution in [2.75, 3.05) is 11.9 Å². The molecule has 2 rings (SSSR count). The Labute approximate surface area is 105 Å². The lowest BCUT2D eigenvalue weighted by atomic mass is 10.2. The van der Waals surface area contributed by atoms with E-state index in [-0.39, 0.29) is 0 Å². The Bertz CT molecular complexity index is 405. The molecule has 1 aliphatic carbocycles. The van der Waals surface area contributed by atoms with Gasteiger partial charge in [-0.3, -0.25) is 0 Å². The summed E-state index contributed by atoms with van der Waals surface area (Å²) in [6.07, 6.45) is 5.35. The normalized spacial score (nSPS) is 14.5. The molecule has 2 nitrogen and oxygen atoms in total. The summed E-state index contributed by atoms with van der Waals surface area (Å²) in [5.74, 6) is 0.986. The summed E-state index contributed by atoms with van der Waals surface area (Å²) in [5.41, 5.74) is 1.65. The monoisotopic (exact) mass is 278 g/mol. The van der Waals surface area contributed by atoms with Crippen LogP contribution < -0.4 is 5.32 Å². The minimum Gasteiger partial charge on any atom is -0.384 e. The fourth-order valence-electron chi connectivity index (χ4n) is 1.78. The Morgan fingerprint density at radius 3 is 2.94 bits per heavy atom. The van der Waals surface area contributed by atoms with Crippen molar-refractivity contribution < 1.29 is 0 Å². The van der Waals surface area contributed by atoms with Gasteiger partial charge in [-0.05, 0) is 37.0 Å². The Morgan fingerprint density at radius 1 is 1.44 bits per heavy atom. The fourth-order valence-corrected chi connectivity index (χ4v) is 2.14. The first-order valence-electron chi connectivity index (χ1n) is 5.73. The Hall–Kier alpha value is -1.01. The van der Waals surface area contributed by atoms with E-state index in [2.05, 4.69) is 27.3 Å². The lowest BCUT2D eigenvalue weighted by Crippen LogP contribution is -2.03. The third-order valence-corrected chi connectivity index (χ3v) is 3.40. The van der Waals surface area contributed by atoms with Crippen LogP contribution in [0, 0.1) is 17.2 Å². The van der Waals surface area contributed by atoms with Gasteiger partial charge in [-0.15, -0.1) is 0 Å². The number of benzene rings is 1. The summed E-state index contributed by atoms with van der Waals surface area (Å²) < 4.78 is 1.01. The lowest BCUT2D eigenvalue weighted by Gasteiger charge is -2.08. The Kier molecular flexibility index (Phi) is 3.84. The van der Waals surface area contributed by atoms with Crippen LogP contribution >= 0.6 is 15.9 Å². The molecule has 0 aliphatic heterocycles. The van der Waals surface area contributed by atoms with E-state index in [1.807, 2.05) is 18.2 Å². The highest BCUT2D eigenvalue weighted by atomic mass is 79.9. The van der Waals surface area contributed by atoms with Gasteiger partial charge >= 0.3 is 0 Å². The maximum Gasteiger partial charge on any atom is 0.101 e. The number of hydrogen-bond donors (Lipinski definition) is 1. The Morgan fingerprint density at radius 2 is 2.25 bits per heavy atom. The summed E-state index contributed by atoms with van der Waals surface area (Å²) in [6.45, 7) is 0.960. The molecule has 0 saturated heterocycles. The van der Waals surface area contributed by atoms with Crippen LogP contribution in [0.2, 0.25) is 0 Å². The summed E-state index contributed by atoms with van der Waals surface area (Å²) >= 11 is 3.42. The van der Waals surface area contributed by atoms with Crippen molar-refractivity contribution >= 4 is 21.6 Å². The van der Waals surface area contributed by atoms with Crippen molar-refractivity contribution in [3.8, 4) is 6.07 Å². The number of anilines is 1. The first-order chi connectivity index (χ1) is 7.79. The molecule has 1 aliphatic rings. The van der Waals surface area contributed by atoms with Crippen LogP contribution in [0.15, 0.2) is 22.7 Å². The predicted octanol–water partition coefficient (Wildman–Crippen LogP) is 3.92. The van der Waals surface area contributed by atoms with Gasteiger partial charge in [-0.1, -0.05) is 28.8 Å². The molecule has 1 fully saturated rings. The number of nitrogens with one attached hydrogen (secondary N) is 1. The highest BCUT2D eigenvalue weighted by Gasteiger charge is 2.19. The van der Waals surface area contributed by atoms with Gasteiger partial charge in [0.05, 0.1) is 11.3 Å². The summed E-state index contributed by atoms with van der Waals surface area (Å²) in [7, 11) is 0. The molecular weight excluding hydrogens is 264 g/mol. The average molecular weight is 279 g/mol. The van der Waals surface area contributed by atoms with E-state index in [0.29, 0.717) is 0 Å². The fraction of sp³-hybridized carbons (Fsp3) is 0.462. The summed E-state index contributed by atoms with van der Waals surface area (Å²) in [5, 5.41) is 12.3.